The zero-order valence-electron chi connectivity index (χ0n) is 6.62. The van der Waals surface area contributed by atoms with E-state index in [1.54, 1.807) is 0 Å². The van der Waals surface area contributed by atoms with Crippen LogP contribution in [0.2, 0.25) is 0 Å². The first-order chi connectivity index (χ1) is 5.83. The summed E-state index contributed by atoms with van der Waals surface area (Å²) < 4.78 is 5.12. The van der Waals surface area contributed by atoms with Crippen molar-refractivity contribution in [2.24, 2.45) is 5.73 Å². The monoisotopic (exact) mass is 169 g/mol. The lowest BCUT2D eigenvalue weighted by Gasteiger charge is -2.01. The van der Waals surface area contributed by atoms with Crippen LogP contribution >= 0.6 is 0 Å². The summed E-state index contributed by atoms with van der Waals surface area (Å²) in [6, 6.07) is 1.30. The van der Waals surface area contributed by atoms with E-state index in [1.165, 1.54) is 12.4 Å². The smallest absolute Gasteiger partial charge is 0.254 e. The highest BCUT2D eigenvalue weighted by atomic mass is 16.5. The number of H-pyrrole nitrogens is 1. The molecule has 0 saturated carbocycles. The number of nitrogens with one attached hydrogen (secondary N) is 1. The second kappa shape index (κ2) is 4.50. The summed E-state index contributed by atoms with van der Waals surface area (Å²) in [5.41, 5.74) is 5.04. The quantitative estimate of drug-likeness (QED) is 0.595. The molecule has 1 aromatic rings. The third-order valence-corrected chi connectivity index (χ3v) is 1.25. The molecule has 0 aliphatic heterocycles. The van der Waals surface area contributed by atoms with Crippen LogP contribution in [0.3, 0.4) is 0 Å². The van der Waals surface area contributed by atoms with E-state index in [1.807, 2.05) is 0 Å². The van der Waals surface area contributed by atoms with Crippen LogP contribution in [0.1, 0.15) is 6.42 Å². The van der Waals surface area contributed by atoms with Crippen molar-refractivity contribution in [2.45, 2.75) is 6.42 Å². The van der Waals surface area contributed by atoms with E-state index in [9.17, 15) is 4.79 Å². The van der Waals surface area contributed by atoms with Gasteiger partial charge in [0, 0.05) is 0 Å². The molecule has 0 atom stereocenters. The molecule has 66 valence electrons. The zero-order valence-corrected chi connectivity index (χ0v) is 6.62. The Kier molecular flexibility index (Phi) is 3.28. The molecule has 1 rings (SSSR count). The lowest BCUT2D eigenvalue weighted by atomic mass is 10.5. The molecule has 1 heterocycles. The normalized spacial score (nSPS) is 9.75. The van der Waals surface area contributed by atoms with Gasteiger partial charge in [-0.2, -0.15) is 0 Å². The van der Waals surface area contributed by atoms with Gasteiger partial charge in [0.15, 0.2) is 0 Å². The Hall–Kier alpha value is -1.36. The molecule has 5 nitrogen and oxygen atoms in total. The van der Waals surface area contributed by atoms with E-state index in [0.717, 1.165) is 6.42 Å². The van der Waals surface area contributed by atoms with Crippen molar-refractivity contribution >= 4 is 0 Å². The standard InChI is InChI=1S/C7H11N3O2/c8-2-1-3-12-7-4-6(11)9-5-10-7/h4-5H,1-3,8H2,(H,9,10,11). The molecule has 3 N–H and O–H groups in total. The Balaban J connectivity index is 2.47. The number of ether oxygens (including phenoxy) is 1. The van der Waals surface area contributed by atoms with Crippen molar-refractivity contribution in [2.75, 3.05) is 13.2 Å². The molecule has 0 amide bonds. The van der Waals surface area contributed by atoms with E-state index in [2.05, 4.69) is 9.97 Å². The third kappa shape index (κ3) is 2.71. The predicted octanol–water partition coefficient (Wildman–Crippen LogP) is -0.502. The van der Waals surface area contributed by atoms with E-state index >= 15 is 0 Å². The van der Waals surface area contributed by atoms with Gasteiger partial charge in [-0.3, -0.25) is 4.79 Å². The maximum absolute atomic E-state index is 10.7. The van der Waals surface area contributed by atoms with Crippen LogP contribution in [0, 0.1) is 0 Å². The topological polar surface area (TPSA) is 81.0 Å². The third-order valence-electron chi connectivity index (χ3n) is 1.25. The SMILES string of the molecule is NCCCOc1cc(=O)[nH]cn1. The highest BCUT2D eigenvalue weighted by molar-refractivity contribution is 5.04. The van der Waals surface area contributed by atoms with Gasteiger partial charge >= 0.3 is 0 Å². The summed E-state index contributed by atoms with van der Waals surface area (Å²) in [4.78, 5) is 16.9. The summed E-state index contributed by atoms with van der Waals surface area (Å²) in [5, 5.41) is 0. The van der Waals surface area contributed by atoms with Gasteiger partial charge in [-0.15, -0.1) is 0 Å². The Morgan fingerprint density at radius 2 is 2.50 bits per heavy atom. The minimum Gasteiger partial charge on any atom is -0.477 e. The van der Waals surface area contributed by atoms with Crippen LogP contribution in [0.5, 0.6) is 5.88 Å². The van der Waals surface area contributed by atoms with E-state index < -0.39 is 0 Å². The number of hydrogen-bond donors (Lipinski definition) is 2. The highest BCUT2D eigenvalue weighted by Gasteiger charge is 1.93. The van der Waals surface area contributed by atoms with Crippen LogP contribution in [-0.4, -0.2) is 23.1 Å². The van der Waals surface area contributed by atoms with Crippen molar-refractivity contribution < 1.29 is 4.74 Å². The molecule has 0 aliphatic rings. The Morgan fingerprint density at radius 3 is 3.17 bits per heavy atom. The molecule has 5 heteroatoms. The van der Waals surface area contributed by atoms with Crippen molar-refractivity contribution in [3.05, 3.63) is 22.7 Å². The van der Waals surface area contributed by atoms with Gasteiger partial charge in [0.05, 0.1) is 19.0 Å². The van der Waals surface area contributed by atoms with Gasteiger partial charge < -0.3 is 15.5 Å². The average Bonchev–Trinajstić information content (AvgIpc) is 2.05. The first kappa shape index (κ1) is 8.73. The van der Waals surface area contributed by atoms with E-state index in [-0.39, 0.29) is 5.56 Å². The lowest BCUT2D eigenvalue weighted by Crippen LogP contribution is -2.10. The fourth-order valence-electron chi connectivity index (χ4n) is 0.690. The Labute approximate surface area is 69.6 Å². The average molecular weight is 169 g/mol. The number of nitrogens with two attached hydrogens (primary N) is 1. The number of aromatic nitrogens is 2. The van der Waals surface area contributed by atoms with Crippen LogP contribution < -0.4 is 16.0 Å². The molecule has 1 aromatic heterocycles. The minimum absolute atomic E-state index is 0.215. The summed E-state index contributed by atoms with van der Waals surface area (Å²) in [7, 11) is 0. The maximum atomic E-state index is 10.7. The second-order valence-corrected chi connectivity index (χ2v) is 2.24. The molecule has 0 aromatic carbocycles. The minimum atomic E-state index is -0.215. The maximum Gasteiger partial charge on any atom is 0.254 e. The second-order valence-electron chi connectivity index (χ2n) is 2.24. The van der Waals surface area contributed by atoms with Crippen LogP contribution in [0.4, 0.5) is 0 Å². The fraction of sp³-hybridized carbons (Fsp3) is 0.429. The van der Waals surface area contributed by atoms with Gasteiger partial charge in [-0.05, 0) is 13.0 Å². The zero-order chi connectivity index (χ0) is 8.81. The molecule has 0 radical (unpaired) electrons. The van der Waals surface area contributed by atoms with Crippen LogP contribution in [-0.2, 0) is 0 Å². The van der Waals surface area contributed by atoms with E-state index in [0.29, 0.717) is 19.0 Å². The van der Waals surface area contributed by atoms with Crippen molar-refractivity contribution in [3.63, 3.8) is 0 Å². The molecular weight excluding hydrogens is 158 g/mol. The van der Waals surface area contributed by atoms with E-state index in [4.69, 9.17) is 10.5 Å². The van der Waals surface area contributed by atoms with Gasteiger partial charge in [0.2, 0.25) is 5.88 Å². The number of nitrogens with zero attached hydrogens (tertiary/aromatic N) is 1. The summed E-state index contributed by atoms with van der Waals surface area (Å²) >= 11 is 0. The first-order valence-electron chi connectivity index (χ1n) is 3.70. The number of rotatable bonds is 4. The molecule has 0 unspecified atom stereocenters. The summed E-state index contributed by atoms with van der Waals surface area (Å²) in [6.45, 7) is 1.07. The summed E-state index contributed by atoms with van der Waals surface area (Å²) in [5.74, 6) is 0.340. The van der Waals surface area contributed by atoms with Crippen molar-refractivity contribution in [3.8, 4) is 5.88 Å². The largest absolute Gasteiger partial charge is 0.477 e. The van der Waals surface area contributed by atoms with Gasteiger partial charge in [-0.25, -0.2) is 4.98 Å². The predicted molar refractivity (Wildman–Crippen MR) is 44.0 cm³/mol. The van der Waals surface area contributed by atoms with Crippen molar-refractivity contribution in [1.82, 2.24) is 9.97 Å². The molecule has 0 spiro atoms. The van der Waals surface area contributed by atoms with Gasteiger partial charge in [0.1, 0.15) is 0 Å². The Bertz CT molecular complexity index is 284. The molecule has 0 fully saturated rings. The van der Waals surface area contributed by atoms with Crippen LogP contribution in [0.25, 0.3) is 0 Å². The molecule has 12 heavy (non-hydrogen) atoms. The van der Waals surface area contributed by atoms with Crippen molar-refractivity contribution in [1.29, 1.82) is 0 Å². The van der Waals surface area contributed by atoms with Gasteiger partial charge in [-0.1, -0.05) is 0 Å². The van der Waals surface area contributed by atoms with Crippen LogP contribution in [0.15, 0.2) is 17.2 Å². The summed E-state index contributed by atoms with van der Waals surface area (Å²) in [6.07, 6.45) is 2.06. The first-order valence-corrected chi connectivity index (χ1v) is 3.70. The molecule has 0 bridgehead atoms. The fourth-order valence-corrected chi connectivity index (χ4v) is 0.690. The lowest BCUT2D eigenvalue weighted by molar-refractivity contribution is 0.300. The number of hydrogen-bond acceptors (Lipinski definition) is 4. The Morgan fingerprint density at radius 1 is 1.67 bits per heavy atom. The number of aromatic amines is 1. The van der Waals surface area contributed by atoms with Gasteiger partial charge in [0.25, 0.3) is 5.56 Å². The molecular formula is C7H11N3O2. The molecule has 0 aliphatic carbocycles. The highest BCUT2D eigenvalue weighted by Crippen LogP contribution is 1.98. The molecule has 0 saturated heterocycles.